The minimum atomic E-state index is -3.65. The van der Waals surface area contributed by atoms with Crippen LogP contribution in [0.1, 0.15) is 37.7 Å². The highest BCUT2D eigenvalue weighted by atomic mass is 35.5. The van der Waals surface area contributed by atoms with Crippen molar-refractivity contribution in [2.75, 3.05) is 12.4 Å². The average molecular weight is 494 g/mol. The predicted octanol–water partition coefficient (Wildman–Crippen LogP) is 2.61. The van der Waals surface area contributed by atoms with Gasteiger partial charge in [0.05, 0.1) is 18.0 Å². The number of carbonyl (C=O) groups excluding carboxylic acids is 1. The lowest BCUT2D eigenvalue weighted by Crippen LogP contribution is -2.30. The van der Waals surface area contributed by atoms with Gasteiger partial charge in [-0.05, 0) is 43.5 Å². The zero-order valence-corrected chi connectivity index (χ0v) is 19.8. The maximum Gasteiger partial charge on any atom is 0.367 e. The summed E-state index contributed by atoms with van der Waals surface area (Å²) < 4.78 is 33.0. The lowest BCUT2D eigenvalue weighted by molar-refractivity contribution is -0.117. The molecule has 3 aromatic rings. The molecule has 1 saturated carbocycles. The summed E-state index contributed by atoms with van der Waals surface area (Å²) in [6.45, 7) is 1.40. The molecule has 176 valence electrons. The molecule has 2 aromatic heterocycles. The summed E-state index contributed by atoms with van der Waals surface area (Å²) in [4.78, 5) is 25.4. The van der Waals surface area contributed by atoms with Gasteiger partial charge in [-0.2, -0.15) is 4.52 Å². The van der Waals surface area contributed by atoms with Crippen LogP contribution in [-0.2, 0) is 21.2 Å². The second-order valence-electron chi connectivity index (χ2n) is 8.04. The van der Waals surface area contributed by atoms with E-state index >= 15 is 0 Å². The SMILES string of the molecule is COc1cc(Cl)c(C)cc1NC(=O)Cn1nc2ccc(S(=O)(=O)C3CCCCC3)nn2c1=O. The third-order valence-corrected chi connectivity index (χ3v) is 8.30. The number of benzene rings is 1. The first kappa shape index (κ1) is 23.2. The molecule has 0 spiro atoms. The fraction of sp³-hybridized carbons (Fsp3) is 0.429. The quantitative estimate of drug-likeness (QED) is 0.559. The van der Waals surface area contributed by atoms with Crippen molar-refractivity contribution < 1.29 is 17.9 Å². The summed E-state index contributed by atoms with van der Waals surface area (Å²) in [5, 5.41) is 10.7. The number of fused-ring (bicyclic) bond motifs is 1. The lowest BCUT2D eigenvalue weighted by Gasteiger charge is -2.20. The van der Waals surface area contributed by atoms with E-state index < -0.39 is 33.2 Å². The number of carbonyl (C=O) groups is 1. The van der Waals surface area contributed by atoms with Crippen LogP contribution in [0.25, 0.3) is 5.65 Å². The Morgan fingerprint density at radius 1 is 1.21 bits per heavy atom. The van der Waals surface area contributed by atoms with Gasteiger partial charge in [0.2, 0.25) is 5.91 Å². The van der Waals surface area contributed by atoms with Crippen molar-refractivity contribution in [3.8, 4) is 5.75 Å². The monoisotopic (exact) mass is 493 g/mol. The van der Waals surface area contributed by atoms with Crippen molar-refractivity contribution in [2.24, 2.45) is 0 Å². The van der Waals surface area contributed by atoms with Gasteiger partial charge in [-0.3, -0.25) is 4.79 Å². The Bertz CT molecular complexity index is 1380. The van der Waals surface area contributed by atoms with E-state index in [1.807, 2.05) is 0 Å². The van der Waals surface area contributed by atoms with Crippen molar-refractivity contribution in [1.29, 1.82) is 0 Å². The largest absolute Gasteiger partial charge is 0.495 e. The fourth-order valence-corrected chi connectivity index (χ4v) is 5.85. The highest BCUT2D eigenvalue weighted by Gasteiger charge is 2.31. The van der Waals surface area contributed by atoms with Crippen molar-refractivity contribution in [1.82, 2.24) is 19.4 Å². The van der Waals surface area contributed by atoms with Crippen LogP contribution in [-0.4, -0.2) is 46.1 Å². The summed E-state index contributed by atoms with van der Waals surface area (Å²) in [6, 6.07) is 6.03. The predicted molar refractivity (Wildman–Crippen MR) is 123 cm³/mol. The van der Waals surface area contributed by atoms with E-state index in [1.54, 1.807) is 19.1 Å². The second kappa shape index (κ2) is 9.14. The van der Waals surface area contributed by atoms with Gasteiger partial charge in [0.25, 0.3) is 0 Å². The Balaban J connectivity index is 1.58. The Labute approximate surface area is 195 Å². The average Bonchev–Trinajstić information content (AvgIpc) is 3.11. The van der Waals surface area contributed by atoms with Gasteiger partial charge >= 0.3 is 5.69 Å². The lowest BCUT2D eigenvalue weighted by atomic mass is 10.0. The van der Waals surface area contributed by atoms with E-state index in [0.29, 0.717) is 29.3 Å². The summed E-state index contributed by atoms with van der Waals surface area (Å²) in [7, 11) is -2.20. The third kappa shape index (κ3) is 4.60. The fourth-order valence-electron chi connectivity index (χ4n) is 3.95. The van der Waals surface area contributed by atoms with Crippen LogP contribution in [0.3, 0.4) is 0 Å². The second-order valence-corrected chi connectivity index (χ2v) is 10.6. The van der Waals surface area contributed by atoms with Gasteiger partial charge in [-0.15, -0.1) is 10.2 Å². The highest BCUT2D eigenvalue weighted by Crippen LogP contribution is 2.31. The number of aromatic nitrogens is 4. The van der Waals surface area contributed by atoms with E-state index in [9.17, 15) is 18.0 Å². The molecule has 1 aliphatic rings. The van der Waals surface area contributed by atoms with Crippen molar-refractivity contribution in [3.63, 3.8) is 0 Å². The maximum absolute atomic E-state index is 13.0. The Morgan fingerprint density at radius 2 is 1.94 bits per heavy atom. The molecule has 1 fully saturated rings. The molecule has 1 N–H and O–H groups in total. The summed E-state index contributed by atoms with van der Waals surface area (Å²) >= 11 is 6.09. The summed E-state index contributed by atoms with van der Waals surface area (Å²) in [5.41, 5.74) is 0.587. The Kier molecular flexibility index (Phi) is 6.44. The normalized spacial score (nSPS) is 15.0. The Morgan fingerprint density at radius 3 is 2.64 bits per heavy atom. The number of hydrogen-bond donors (Lipinski definition) is 1. The van der Waals surface area contributed by atoms with Gasteiger partial charge in [0.15, 0.2) is 20.5 Å². The summed E-state index contributed by atoms with van der Waals surface area (Å²) in [6.07, 6.45) is 3.91. The van der Waals surface area contributed by atoms with Crippen LogP contribution < -0.4 is 15.7 Å². The van der Waals surface area contributed by atoms with E-state index in [4.69, 9.17) is 16.3 Å². The van der Waals surface area contributed by atoms with Crippen molar-refractivity contribution in [2.45, 2.75) is 55.8 Å². The topological polar surface area (TPSA) is 125 Å². The van der Waals surface area contributed by atoms with Crippen LogP contribution in [0.15, 0.2) is 34.1 Å². The van der Waals surface area contributed by atoms with Crippen LogP contribution in [0, 0.1) is 6.92 Å². The number of rotatable bonds is 6. The molecule has 0 aliphatic heterocycles. The third-order valence-electron chi connectivity index (χ3n) is 5.75. The number of anilines is 1. The van der Waals surface area contributed by atoms with Crippen LogP contribution in [0.2, 0.25) is 5.02 Å². The number of nitrogens with one attached hydrogen (secondary N) is 1. The number of amides is 1. The van der Waals surface area contributed by atoms with Gasteiger partial charge in [0, 0.05) is 11.1 Å². The number of sulfone groups is 1. The van der Waals surface area contributed by atoms with E-state index in [-0.39, 0.29) is 10.7 Å². The summed E-state index contributed by atoms with van der Waals surface area (Å²) in [5.74, 6) is -0.142. The molecule has 1 aromatic carbocycles. The van der Waals surface area contributed by atoms with Gasteiger partial charge in [-0.1, -0.05) is 30.9 Å². The first-order chi connectivity index (χ1) is 15.7. The molecule has 0 bridgehead atoms. The molecule has 33 heavy (non-hydrogen) atoms. The number of halogens is 1. The molecular formula is C21H24ClN5O5S. The van der Waals surface area contributed by atoms with Crippen LogP contribution in [0.4, 0.5) is 5.69 Å². The molecule has 1 aliphatic carbocycles. The van der Waals surface area contributed by atoms with Gasteiger partial charge < -0.3 is 10.1 Å². The first-order valence-corrected chi connectivity index (χ1v) is 12.5. The minimum absolute atomic E-state index is 0.148. The number of nitrogens with zero attached hydrogens (tertiary/aromatic N) is 4. The number of ether oxygens (including phenoxy) is 1. The first-order valence-electron chi connectivity index (χ1n) is 10.6. The molecule has 0 atom stereocenters. The number of methoxy groups -OCH3 is 1. The molecule has 2 heterocycles. The molecule has 0 radical (unpaired) electrons. The molecule has 12 heteroatoms. The molecule has 0 unspecified atom stereocenters. The van der Waals surface area contributed by atoms with Crippen molar-refractivity contribution in [3.05, 3.63) is 45.3 Å². The Hall–Kier alpha value is -2.92. The maximum atomic E-state index is 13.0. The number of aryl methyl sites for hydroxylation is 1. The zero-order valence-electron chi connectivity index (χ0n) is 18.2. The van der Waals surface area contributed by atoms with E-state index in [1.165, 1.54) is 19.2 Å². The highest BCUT2D eigenvalue weighted by molar-refractivity contribution is 7.92. The molecular weight excluding hydrogens is 470 g/mol. The molecule has 4 rings (SSSR count). The van der Waals surface area contributed by atoms with Crippen LogP contribution >= 0.6 is 11.6 Å². The number of hydrogen-bond acceptors (Lipinski definition) is 7. The molecule has 1 amide bonds. The molecule has 10 nitrogen and oxygen atoms in total. The van der Waals surface area contributed by atoms with Crippen LogP contribution in [0.5, 0.6) is 5.75 Å². The van der Waals surface area contributed by atoms with Gasteiger partial charge in [-0.25, -0.2) is 17.9 Å². The van der Waals surface area contributed by atoms with Gasteiger partial charge in [0.1, 0.15) is 12.3 Å². The molecule has 0 saturated heterocycles. The van der Waals surface area contributed by atoms with E-state index in [2.05, 4.69) is 15.5 Å². The van der Waals surface area contributed by atoms with E-state index in [0.717, 1.165) is 34.0 Å². The minimum Gasteiger partial charge on any atom is -0.495 e. The van der Waals surface area contributed by atoms with Crippen molar-refractivity contribution >= 4 is 38.7 Å². The smallest absolute Gasteiger partial charge is 0.367 e. The zero-order chi connectivity index (χ0) is 23.8. The standard InChI is InChI=1S/C21H24ClN5O5S/c1-13-10-16(17(32-2)11-15(13)22)23-19(28)12-26-21(29)27-18(24-26)8-9-20(25-27)33(30,31)14-6-4-3-5-7-14/h8-11,14H,3-7,12H2,1-2H3,(H,23,28).